The van der Waals surface area contributed by atoms with Crippen LogP contribution < -0.4 is 5.14 Å². The van der Waals surface area contributed by atoms with Gasteiger partial charge in [0.05, 0.1) is 21.3 Å². The minimum absolute atomic E-state index is 0.00164. The van der Waals surface area contributed by atoms with E-state index in [1.165, 1.54) is 16.4 Å². The van der Waals surface area contributed by atoms with Gasteiger partial charge in [0.1, 0.15) is 0 Å². The number of nitrogens with zero attached hydrogens (tertiary/aromatic N) is 1. The monoisotopic (exact) mass is 410 g/mol. The van der Waals surface area contributed by atoms with Crippen molar-refractivity contribution < 1.29 is 25.3 Å². The van der Waals surface area contributed by atoms with Crippen LogP contribution in [0.1, 0.15) is 20.3 Å². The van der Waals surface area contributed by atoms with Crippen molar-refractivity contribution in [3.63, 3.8) is 0 Å². The Hall–Kier alpha value is -1.01. The average molecular weight is 411 g/mol. The summed E-state index contributed by atoms with van der Waals surface area (Å²) in [5.41, 5.74) is 0. The van der Waals surface area contributed by atoms with Crippen molar-refractivity contribution in [3.8, 4) is 0 Å². The van der Waals surface area contributed by atoms with Gasteiger partial charge in [0, 0.05) is 12.6 Å². The molecule has 0 bridgehead atoms. The SMILES string of the molecule is CC(C)CN(C1CCS(=O)(=O)C1)S(=O)(=O)c1ccc(S(N)(=O)=O)cc1. The molecule has 2 rings (SSSR count). The van der Waals surface area contributed by atoms with Crippen molar-refractivity contribution >= 4 is 29.9 Å². The van der Waals surface area contributed by atoms with Crippen LogP contribution >= 0.6 is 0 Å². The molecular formula is C14H22N2O6S3. The predicted molar refractivity (Wildman–Crippen MR) is 93.6 cm³/mol. The minimum Gasteiger partial charge on any atom is -0.229 e. The number of benzene rings is 1. The Kier molecular flexibility index (Phi) is 5.65. The molecule has 1 heterocycles. The van der Waals surface area contributed by atoms with Crippen LogP contribution in [-0.4, -0.2) is 53.7 Å². The Morgan fingerprint density at radius 1 is 1.12 bits per heavy atom. The fraction of sp³-hybridized carbons (Fsp3) is 0.571. The lowest BCUT2D eigenvalue weighted by Gasteiger charge is -2.29. The number of hydrogen-bond donors (Lipinski definition) is 1. The maximum atomic E-state index is 13.0. The van der Waals surface area contributed by atoms with Crippen molar-refractivity contribution in [1.82, 2.24) is 4.31 Å². The molecule has 142 valence electrons. The summed E-state index contributed by atoms with van der Waals surface area (Å²) in [5.74, 6) is -0.234. The van der Waals surface area contributed by atoms with E-state index in [2.05, 4.69) is 0 Å². The largest absolute Gasteiger partial charge is 0.243 e. The number of nitrogens with two attached hydrogens (primary N) is 1. The van der Waals surface area contributed by atoms with Gasteiger partial charge in [-0.3, -0.25) is 0 Å². The molecular weight excluding hydrogens is 388 g/mol. The van der Waals surface area contributed by atoms with Crippen molar-refractivity contribution in [3.05, 3.63) is 24.3 Å². The third-order valence-electron chi connectivity index (χ3n) is 3.92. The molecule has 1 unspecified atom stereocenters. The quantitative estimate of drug-likeness (QED) is 0.711. The fourth-order valence-corrected chi connectivity index (χ4v) is 6.90. The van der Waals surface area contributed by atoms with E-state index in [0.717, 1.165) is 12.1 Å². The molecule has 0 amide bonds. The minimum atomic E-state index is -3.96. The van der Waals surface area contributed by atoms with Crippen LogP contribution in [0.5, 0.6) is 0 Å². The molecule has 1 aromatic rings. The predicted octanol–water partition coefficient (Wildman–Crippen LogP) is 0.168. The molecule has 1 aromatic carbocycles. The van der Waals surface area contributed by atoms with Crippen LogP contribution in [-0.2, 0) is 29.9 Å². The average Bonchev–Trinajstić information content (AvgIpc) is 2.83. The van der Waals surface area contributed by atoms with Crippen LogP contribution in [0.25, 0.3) is 0 Å². The van der Waals surface area contributed by atoms with Crippen molar-refractivity contribution in [2.75, 3.05) is 18.1 Å². The Morgan fingerprint density at radius 3 is 2.04 bits per heavy atom. The van der Waals surface area contributed by atoms with Crippen LogP contribution in [0.15, 0.2) is 34.1 Å². The van der Waals surface area contributed by atoms with E-state index in [1.807, 2.05) is 13.8 Å². The molecule has 1 fully saturated rings. The van der Waals surface area contributed by atoms with E-state index < -0.39 is 35.9 Å². The van der Waals surface area contributed by atoms with E-state index >= 15 is 0 Å². The zero-order valence-electron chi connectivity index (χ0n) is 14.0. The highest BCUT2D eigenvalue weighted by atomic mass is 32.2. The first-order valence-electron chi connectivity index (χ1n) is 7.68. The highest BCUT2D eigenvalue weighted by molar-refractivity contribution is 7.92. The summed E-state index contributed by atoms with van der Waals surface area (Å²) in [7, 11) is -11.1. The molecule has 0 aromatic heterocycles. The molecule has 1 atom stereocenters. The second-order valence-electron chi connectivity index (χ2n) is 6.54. The zero-order chi connectivity index (χ0) is 19.0. The van der Waals surface area contributed by atoms with Gasteiger partial charge in [-0.1, -0.05) is 13.8 Å². The summed E-state index contributed by atoms with van der Waals surface area (Å²) in [6.07, 6.45) is 0.254. The van der Waals surface area contributed by atoms with Gasteiger partial charge in [-0.2, -0.15) is 4.31 Å². The molecule has 1 aliphatic heterocycles. The molecule has 0 radical (unpaired) electrons. The van der Waals surface area contributed by atoms with E-state index in [-0.39, 0.29) is 40.2 Å². The molecule has 2 N–H and O–H groups in total. The van der Waals surface area contributed by atoms with Gasteiger partial charge in [0.25, 0.3) is 0 Å². The van der Waals surface area contributed by atoms with Crippen molar-refractivity contribution in [2.45, 2.75) is 36.1 Å². The number of hydrogen-bond acceptors (Lipinski definition) is 6. The molecule has 0 saturated carbocycles. The maximum absolute atomic E-state index is 13.0. The van der Waals surface area contributed by atoms with Crippen LogP contribution in [0.2, 0.25) is 0 Å². The maximum Gasteiger partial charge on any atom is 0.243 e. The lowest BCUT2D eigenvalue weighted by Crippen LogP contribution is -2.43. The van der Waals surface area contributed by atoms with E-state index in [0.29, 0.717) is 0 Å². The third kappa shape index (κ3) is 4.79. The van der Waals surface area contributed by atoms with Gasteiger partial charge >= 0.3 is 0 Å². The summed E-state index contributed by atoms with van der Waals surface area (Å²) in [6.45, 7) is 3.87. The van der Waals surface area contributed by atoms with Crippen LogP contribution in [0, 0.1) is 5.92 Å². The van der Waals surface area contributed by atoms with Gasteiger partial charge in [0.15, 0.2) is 9.84 Å². The highest BCUT2D eigenvalue weighted by Crippen LogP contribution is 2.26. The lowest BCUT2D eigenvalue weighted by atomic mass is 10.2. The van der Waals surface area contributed by atoms with Gasteiger partial charge < -0.3 is 0 Å². The second-order valence-corrected chi connectivity index (χ2v) is 12.2. The first kappa shape index (κ1) is 20.3. The van der Waals surface area contributed by atoms with Gasteiger partial charge in [-0.15, -0.1) is 0 Å². The van der Waals surface area contributed by atoms with Crippen LogP contribution in [0.3, 0.4) is 0 Å². The number of sulfone groups is 1. The smallest absolute Gasteiger partial charge is 0.229 e. The van der Waals surface area contributed by atoms with E-state index in [1.54, 1.807) is 0 Å². The van der Waals surface area contributed by atoms with E-state index in [4.69, 9.17) is 5.14 Å². The number of rotatable bonds is 6. The second kappa shape index (κ2) is 6.95. The fourth-order valence-electron chi connectivity index (χ4n) is 2.74. The molecule has 0 aliphatic carbocycles. The first-order chi connectivity index (χ1) is 11.3. The van der Waals surface area contributed by atoms with Gasteiger partial charge in [-0.05, 0) is 36.6 Å². The Morgan fingerprint density at radius 2 is 1.64 bits per heavy atom. The number of primary sulfonamides is 1. The van der Waals surface area contributed by atoms with Crippen LogP contribution in [0.4, 0.5) is 0 Å². The van der Waals surface area contributed by atoms with Gasteiger partial charge in [0.2, 0.25) is 20.0 Å². The van der Waals surface area contributed by atoms with Gasteiger partial charge in [-0.25, -0.2) is 30.4 Å². The summed E-state index contributed by atoms with van der Waals surface area (Å²) in [5, 5.41) is 5.02. The first-order valence-corrected chi connectivity index (χ1v) is 12.5. The lowest BCUT2D eigenvalue weighted by molar-refractivity contribution is 0.308. The summed E-state index contributed by atoms with van der Waals surface area (Å²) >= 11 is 0. The Balaban J connectivity index is 2.41. The number of sulfonamides is 2. The molecule has 1 saturated heterocycles. The van der Waals surface area contributed by atoms with E-state index in [9.17, 15) is 25.3 Å². The molecule has 25 heavy (non-hydrogen) atoms. The Labute approximate surface area is 149 Å². The summed E-state index contributed by atoms with van der Waals surface area (Å²) < 4.78 is 73.3. The summed E-state index contributed by atoms with van der Waals surface area (Å²) in [4.78, 5) is -0.282. The Bertz CT molecular complexity index is 935. The molecule has 11 heteroatoms. The molecule has 1 aliphatic rings. The summed E-state index contributed by atoms with van der Waals surface area (Å²) in [6, 6.07) is 3.98. The highest BCUT2D eigenvalue weighted by Gasteiger charge is 2.39. The van der Waals surface area contributed by atoms with Crippen molar-refractivity contribution in [2.24, 2.45) is 11.1 Å². The normalized spacial score (nSPS) is 21.1. The molecule has 8 nitrogen and oxygen atoms in total. The zero-order valence-corrected chi connectivity index (χ0v) is 16.4. The standard InChI is InChI=1S/C14H22N2O6S3/c1-11(2)9-16(12-7-8-23(17,18)10-12)25(21,22)14-5-3-13(4-6-14)24(15,19)20/h3-6,11-12H,7-10H2,1-2H3,(H2,15,19,20). The topological polar surface area (TPSA) is 132 Å². The van der Waals surface area contributed by atoms with Crippen molar-refractivity contribution in [1.29, 1.82) is 0 Å². The third-order valence-corrected chi connectivity index (χ3v) is 8.53. The molecule has 0 spiro atoms.